The molecule has 4 fully saturated rings. The minimum absolute atomic E-state index is 0.0111. The van der Waals surface area contributed by atoms with E-state index < -0.39 is 22.7 Å². The quantitative estimate of drug-likeness (QED) is 0.325. The Hall–Kier alpha value is -2.62. The van der Waals surface area contributed by atoms with Gasteiger partial charge in [-0.05, 0) is 92.4 Å². The second-order valence-corrected chi connectivity index (χ2v) is 13.5. The van der Waals surface area contributed by atoms with E-state index in [9.17, 15) is 20.1 Å². The summed E-state index contributed by atoms with van der Waals surface area (Å²) in [7, 11) is 4.74. The number of methoxy groups -OCH3 is 3. The summed E-state index contributed by atoms with van der Waals surface area (Å²) in [6.07, 6.45) is 8.92. The molecule has 0 saturated heterocycles. The molecule has 5 aliphatic rings. The van der Waals surface area contributed by atoms with Gasteiger partial charge in [-0.1, -0.05) is 6.92 Å². The molecule has 0 spiro atoms. The number of hydrogen-bond donors (Lipinski definition) is 3. The van der Waals surface area contributed by atoms with Crippen molar-refractivity contribution in [1.29, 1.82) is 0 Å². The summed E-state index contributed by atoms with van der Waals surface area (Å²) in [6, 6.07) is 3.77. The molecule has 4 aliphatic carbocycles. The van der Waals surface area contributed by atoms with Crippen LogP contribution >= 0.6 is 0 Å². The molecule has 1 aromatic carbocycles. The van der Waals surface area contributed by atoms with Crippen LogP contribution in [-0.2, 0) is 16.1 Å². The molecule has 8 atom stereocenters. The highest BCUT2D eigenvalue weighted by atomic mass is 16.5. The Morgan fingerprint density at radius 1 is 0.976 bits per heavy atom. The standard InChI is InChI=1S/C33H45NO8/c1-30-9-6-24-25(33(30,38)12-8-23(30)21-15-28(36)42-18-21)7-11-32(37)16-22(35)5-10-31(24,32)19-34-17-20-13-26(39-2)29(41-4)27(14-20)40-3/h13-15,19,22-25,35,37-38H,5-12,16-18H2,1-4H3/t22-,23-,24+,25-,30-,31-,32+,33-/m0/s1. The number of benzene rings is 1. The largest absolute Gasteiger partial charge is 0.493 e. The normalized spacial score (nSPS) is 41.0. The molecule has 4 saturated carbocycles. The van der Waals surface area contributed by atoms with E-state index in [2.05, 4.69) is 6.92 Å². The molecule has 0 unspecified atom stereocenters. The number of hydrogen-bond acceptors (Lipinski definition) is 9. The van der Waals surface area contributed by atoms with Gasteiger partial charge in [-0.15, -0.1) is 0 Å². The number of fused-ring (bicyclic) bond motifs is 5. The molecule has 9 heteroatoms. The molecule has 230 valence electrons. The van der Waals surface area contributed by atoms with Crippen LogP contribution < -0.4 is 14.2 Å². The lowest BCUT2D eigenvalue weighted by atomic mass is 9.41. The van der Waals surface area contributed by atoms with Crippen LogP contribution in [-0.4, -0.2) is 72.7 Å². The third-order valence-corrected chi connectivity index (χ3v) is 12.0. The van der Waals surface area contributed by atoms with E-state index in [1.54, 1.807) is 27.4 Å². The molecule has 0 aromatic heterocycles. The Morgan fingerprint density at radius 2 is 1.69 bits per heavy atom. The highest BCUT2D eigenvalue weighted by Gasteiger charge is 2.71. The minimum atomic E-state index is -1.10. The van der Waals surface area contributed by atoms with E-state index >= 15 is 0 Å². The number of cyclic esters (lactones) is 1. The summed E-state index contributed by atoms with van der Waals surface area (Å²) in [5.41, 5.74) is -1.14. The Labute approximate surface area is 247 Å². The fourth-order valence-corrected chi connectivity index (χ4v) is 9.90. The zero-order valence-corrected chi connectivity index (χ0v) is 25.2. The minimum Gasteiger partial charge on any atom is -0.493 e. The smallest absolute Gasteiger partial charge is 0.331 e. The Morgan fingerprint density at radius 3 is 2.33 bits per heavy atom. The van der Waals surface area contributed by atoms with Crippen molar-refractivity contribution in [2.75, 3.05) is 27.9 Å². The van der Waals surface area contributed by atoms with Crippen LogP contribution in [0.3, 0.4) is 0 Å². The summed E-state index contributed by atoms with van der Waals surface area (Å²) >= 11 is 0. The zero-order valence-electron chi connectivity index (χ0n) is 25.2. The van der Waals surface area contributed by atoms with Gasteiger partial charge in [-0.25, -0.2) is 4.79 Å². The summed E-state index contributed by atoms with van der Waals surface area (Å²) in [4.78, 5) is 16.9. The highest BCUT2D eigenvalue weighted by molar-refractivity contribution is 5.85. The first-order valence-corrected chi connectivity index (χ1v) is 15.3. The number of rotatable bonds is 7. The van der Waals surface area contributed by atoms with E-state index in [-0.39, 0.29) is 29.1 Å². The zero-order chi connectivity index (χ0) is 29.9. The lowest BCUT2D eigenvalue weighted by molar-refractivity contribution is -0.237. The van der Waals surface area contributed by atoms with Crippen molar-refractivity contribution in [3.05, 3.63) is 29.3 Å². The molecule has 3 N–H and O–H groups in total. The molecule has 1 heterocycles. The topological polar surface area (TPSA) is 127 Å². The number of carbonyl (C=O) groups is 1. The predicted octanol–water partition coefficient (Wildman–Crippen LogP) is 4.00. The molecular formula is C33H45NO8. The average molecular weight is 584 g/mol. The van der Waals surface area contributed by atoms with Crippen molar-refractivity contribution in [3.63, 3.8) is 0 Å². The van der Waals surface area contributed by atoms with Crippen molar-refractivity contribution in [3.8, 4) is 17.2 Å². The Kier molecular flexibility index (Phi) is 7.38. The summed E-state index contributed by atoms with van der Waals surface area (Å²) in [5, 5.41) is 35.5. The van der Waals surface area contributed by atoms with E-state index in [0.29, 0.717) is 68.9 Å². The van der Waals surface area contributed by atoms with Gasteiger partial charge in [0.15, 0.2) is 11.5 Å². The van der Waals surface area contributed by atoms with Crippen LogP contribution in [0.2, 0.25) is 0 Å². The van der Waals surface area contributed by atoms with E-state index in [1.807, 2.05) is 18.3 Å². The number of carbonyl (C=O) groups excluding carboxylic acids is 1. The van der Waals surface area contributed by atoms with Gasteiger partial charge >= 0.3 is 5.97 Å². The molecule has 0 amide bonds. The SMILES string of the molecule is COc1cc(CN=C[C@]23CC[C@H](O)C[C@]2(O)CC[C@H]2[C@H]3CC[C@@]3(C)[C@H](C4=CC(=O)OC4)CC[C@]23O)cc(OC)c1OC. The van der Waals surface area contributed by atoms with Crippen molar-refractivity contribution in [1.82, 2.24) is 0 Å². The van der Waals surface area contributed by atoms with E-state index in [1.165, 1.54) is 0 Å². The molecule has 6 rings (SSSR count). The van der Waals surface area contributed by atoms with Gasteiger partial charge in [0.05, 0.1) is 45.2 Å². The van der Waals surface area contributed by atoms with E-state index in [4.69, 9.17) is 23.9 Å². The Balaban J connectivity index is 1.34. The number of ether oxygens (including phenoxy) is 4. The third-order valence-electron chi connectivity index (χ3n) is 12.0. The number of nitrogens with zero attached hydrogens (tertiary/aromatic N) is 1. The van der Waals surface area contributed by atoms with Crippen LogP contribution in [0.15, 0.2) is 28.8 Å². The fourth-order valence-electron chi connectivity index (χ4n) is 9.90. The number of esters is 1. The van der Waals surface area contributed by atoms with Gasteiger partial charge in [0.2, 0.25) is 5.75 Å². The first kappa shape index (κ1) is 29.5. The molecule has 0 radical (unpaired) electrons. The number of aliphatic hydroxyl groups is 3. The first-order valence-electron chi connectivity index (χ1n) is 15.3. The highest BCUT2D eigenvalue weighted by Crippen LogP contribution is 2.70. The molecule has 0 bridgehead atoms. The molecular weight excluding hydrogens is 538 g/mol. The van der Waals surface area contributed by atoms with Gasteiger partial charge in [-0.3, -0.25) is 4.99 Å². The maximum Gasteiger partial charge on any atom is 0.331 e. The van der Waals surface area contributed by atoms with Crippen molar-refractivity contribution >= 4 is 12.2 Å². The maximum atomic E-state index is 12.6. The molecule has 42 heavy (non-hydrogen) atoms. The van der Waals surface area contributed by atoms with Crippen molar-refractivity contribution in [2.45, 2.75) is 88.6 Å². The maximum absolute atomic E-state index is 12.6. The Bertz CT molecular complexity index is 1270. The van der Waals surface area contributed by atoms with Crippen molar-refractivity contribution < 1.29 is 39.1 Å². The second-order valence-electron chi connectivity index (χ2n) is 13.5. The lowest BCUT2D eigenvalue weighted by Gasteiger charge is -2.65. The van der Waals surface area contributed by atoms with Gasteiger partial charge in [0, 0.05) is 29.5 Å². The third kappa shape index (κ3) is 4.21. The average Bonchev–Trinajstić information content (AvgIpc) is 3.51. The summed E-state index contributed by atoms with van der Waals surface area (Å²) in [5.74, 6) is 1.48. The molecule has 1 aliphatic heterocycles. The van der Waals surface area contributed by atoms with Crippen LogP contribution in [0.25, 0.3) is 0 Å². The summed E-state index contributed by atoms with van der Waals surface area (Å²) in [6.45, 7) is 2.88. The lowest BCUT2D eigenvalue weighted by Crippen LogP contribution is -2.68. The second kappa shape index (κ2) is 10.5. The van der Waals surface area contributed by atoms with Crippen molar-refractivity contribution in [2.24, 2.45) is 33.6 Å². The number of aliphatic hydroxyl groups excluding tert-OH is 1. The van der Waals surface area contributed by atoms with Gasteiger partial charge in [0.1, 0.15) is 6.61 Å². The molecule has 1 aromatic rings. The summed E-state index contributed by atoms with van der Waals surface area (Å²) < 4.78 is 21.8. The van der Waals surface area contributed by atoms with Crippen LogP contribution in [0.4, 0.5) is 0 Å². The van der Waals surface area contributed by atoms with Gasteiger partial charge in [0.25, 0.3) is 0 Å². The van der Waals surface area contributed by atoms with Crippen LogP contribution in [0.1, 0.15) is 70.3 Å². The first-order chi connectivity index (χ1) is 20.0. The van der Waals surface area contributed by atoms with Crippen LogP contribution in [0, 0.1) is 28.6 Å². The molecule has 9 nitrogen and oxygen atoms in total. The van der Waals surface area contributed by atoms with Gasteiger partial charge < -0.3 is 34.3 Å². The monoisotopic (exact) mass is 583 g/mol. The van der Waals surface area contributed by atoms with Crippen LogP contribution in [0.5, 0.6) is 17.2 Å². The van der Waals surface area contributed by atoms with E-state index in [0.717, 1.165) is 30.4 Å². The fraction of sp³-hybridized carbons (Fsp3) is 0.697. The predicted molar refractivity (Wildman–Crippen MR) is 156 cm³/mol. The number of aliphatic imine (C=N–C) groups is 1. The van der Waals surface area contributed by atoms with Gasteiger partial charge in [-0.2, -0.15) is 0 Å².